The van der Waals surface area contributed by atoms with Gasteiger partial charge >= 0.3 is 0 Å². The van der Waals surface area contributed by atoms with Gasteiger partial charge in [0.1, 0.15) is 40.6 Å². The van der Waals surface area contributed by atoms with Crippen molar-refractivity contribution in [1.82, 2.24) is 4.98 Å². The minimum Gasteiger partial charge on any atom is -0.497 e. The fraction of sp³-hybridized carbons (Fsp3) is 0.133. The maximum Gasteiger partial charge on any atom is 0.268 e. The quantitative estimate of drug-likeness (QED) is 0.881. The topological polar surface area (TPSA) is 125 Å². The van der Waals surface area contributed by atoms with E-state index in [2.05, 4.69) is 4.98 Å². The highest BCUT2D eigenvalue weighted by molar-refractivity contribution is 5.84. The van der Waals surface area contributed by atoms with Gasteiger partial charge in [-0.25, -0.2) is 0 Å². The molecule has 0 aliphatic heterocycles. The Balaban J connectivity index is 2.97. The van der Waals surface area contributed by atoms with Crippen LogP contribution >= 0.6 is 0 Å². The second kappa shape index (κ2) is 5.90. The molecule has 0 amide bonds. The number of methoxy groups -OCH3 is 2. The summed E-state index contributed by atoms with van der Waals surface area (Å²) in [5.41, 5.74) is 5.33. The zero-order chi connectivity index (χ0) is 16.3. The Morgan fingerprint density at radius 1 is 1.14 bits per heavy atom. The molecule has 2 aromatic rings. The van der Waals surface area contributed by atoms with Crippen molar-refractivity contribution >= 4 is 5.82 Å². The lowest BCUT2D eigenvalue weighted by atomic mass is 9.95. The summed E-state index contributed by atoms with van der Waals surface area (Å²) in [6, 6.07) is 8.58. The molecule has 0 aliphatic rings. The van der Waals surface area contributed by atoms with Crippen LogP contribution in [0.2, 0.25) is 0 Å². The van der Waals surface area contributed by atoms with Crippen molar-refractivity contribution in [2.75, 3.05) is 20.0 Å². The number of H-pyrrole nitrogens is 1. The van der Waals surface area contributed by atoms with E-state index in [1.165, 1.54) is 14.2 Å². The third-order valence-corrected chi connectivity index (χ3v) is 3.14. The van der Waals surface area contributed by atoms with Gasteiger partial charge in [-0.05, 0) is 18.2 Å². The molecular formula is C15H12N4O3. The first-order valence-corrected chi connectivity index (χ1v) is 6.15. The lowest BCUT2D eigenvalue weighted by Gasteiger charge is -2.13. The zero-order valence-corrected chi connectivity index (χ0v) is 11.9. The summed E-state index contributed by atoms with van der Waals surface area (Å²) in [5.74, 6) is 0.771. The van der Waals surface area contributed by atoms with Crippen LogP contribution in [-0.4, -0.2) is 19.2 Å². The number of nitriles is 2. The average molecular weight is 296 g/mol. The number of nitrogens with zero attached hydrogens (tertiary/aromatic N) is 2. The summed E-state index contributed by atoms with van der Waals surface area (Å²) in [5, 5.41) is 18.6. The van der Waals surface area contributed by atoms with Crippen LogP contribution in [-0.2, 0) is 0 Å². The van der Waals surface area contributed by atoms with Gasteiger partial charge in [0.05, 0.1) is 14.2 Å². The number of aromatic amines is 1. The Labute approximate surface area is 126 Å². The second-order valence-electron chi connectivity index (χ2n) is 4.28. The summed E-state index contributed by atoms with van der Waals surface area (Å²) in [7, 11) is 2.92. The van der Waals surface area contributed by atoms with Crippen molar-refractivity contribution in [2.45, 2.75) is 0 Å². The summed E-state index contributed by atoms with van der Waals surface area (Å²) < 4.78 is 10.4. The molecule has 0 fully saturated rings. The number of benzene rings is 1. The van der Waals surface area contributed by atoms with Crippen molar-refractivity contribution in [2.24, 2.45) is 0 Å². The standard InChI is InChI=1S/C15H12N4O3/c1-21-8-3-4-12(22-2)9(5-8)13-10(6-16)14(18)19-15(20)11(13)7-17/h3-5H,1-2H3,(H3,18,19,20). The number of aromatic nitrogens is 1. The molecule has 0 radical (unpaired) electrons. The van der Waals surface area contributed by atoms with Crippen LogP contribution in [0.5, 0.6) is 11.5 Å². The number of nitrogens with one attached hydrogen (secondary N) is 1. The number of nitrogen functional groups attached to an aromatic ring is 1. The molecular weight excluding hydrogens is 284 g/mol. The molecule has 1 heterocycles. The van der Waals surface area contributed by atoms with Crippen molar-refractivity contribution in [3.63, 3.8) is 0 Å². The molecule has 0 aliphatic carbocycles. The molecule has 110 valence electrons. The molecule has 0 saturated heterocycles. The first-order valence-electron chi connectivity index (χ1n) is 6.15. The van der Waals surface area contributed by atoms with E-state index in [4.69, 9.17) is 15.2 Å². The predicted octanol–water partition coefficient (Wildman–Crippen LogP) is 1.38. The molecule has 0 saturated carbocycles. The van der Waals surface area contributed by atoms with Gasteiger partial charge in [0.15, 0.2) is 0 Å². The van der Waals surface area contributed by atoms with Crippen LogP contribution in [0, 0.1) is 22.7 Å². The second-order valence-corrected chi connectivity index (χ2v) is 4.28. The average Bonchev–Trinajstić information content (AvgIpc) is 2.53. The van der Waals surface area contributed by atoms with Gasteiger partial charge in [-0.1, -0.05) is 0 Å². The molecule has 3 N–H and O–H groups in total. The molecule has 1 aromatic heterocycles. The van der Waals surface area contributed by atoms with Crippen LogP contribution in [0.25, 0.3) is 11.1 Å². The van der Waals surface area contributed by atoms with Crippen LogP contribution in [0.3, 0.4) is 0 Å². The van der Waals surface area contributed by atoms with E-state index in [9.17, 15) is 15.3 Å². The molecule has 7 heteroatoms. The highest BCUT2D eigenvalue weighted by Gasteiger charge is 2.21. The minimum absolute atomic E-state index is 0.00250. The molecule has 0 bridgehead atoms. The largest absolute Gasteiger partial charge is 0.497 e. The van der Waals surface area contributed by atoms with E-state index in [1.54, 1.807) is 24.3 Å². The van der Waals surface area contributed by atoms with Crippen molar-refractivity contribution in [3.8, 4) is 34.8 Å². The number of anilines is 1. The minimum atomic E-state index is -0.668. The number of ether oxygens (including phenoxy) is 2. The van der Waals surface area contributed by atoms with Crippen LogP contribution in [0.1, 0.15) is 11.1 Å². The third-order valence-electron chi connectivity index (χ3n) is 3.14. The molecule has 7 nitrogen and oxygen atoms in total. The van der Waals surface area contributed by atoms with Gasteiger partial charge in [-0.2, -0.15) is 10.5 Å². The predicted molar refractivity (Wildman–Crippen MR) is 79.4 cm³/mol. The number of hydrogen-bond acceptors (Lipinski definition) is 6. The molecule has 2 rings (SSSR count). The van der Waals surface area contributed by atoms with Crippen molar-refractivity contribution < 1.29 is 9.47 Å². The molecule has 0 spiro atoms. The maximum absolute atomic E-state index is 11.9. The number of hydrogen-bond donors (Lipinski definition) is 2. The monoisotopic (exact) mass is 296 g/mol. The van der Waals surface area contributed by atoms with Crippen molar-refractivity contribution in [1.29, 1.82) is 10.5 Å². The lowest BCUT2D eigenvalue weighted by Crippen LogP contribution is -2.16. The van der Waals surface area contributed by atoms with Crippen molar-refractivity contribution in [3.05, 3.63) is 39.7 Å². The Kier molecular flexibility index (Phi) is 4.01. The van der Waals surface area contributed by atoms with Gasteiger partial charge in [0.25, 0.3) is 5.56 Å². The Hall–Kier alpha value is -3.45. The Morgan fingerprint density at radius 3 is 2.36 bits per heavy atom. The van der Waals surface area contributed by atoms with E-state index in [1.807, 2.05) is 6.07 Å². The fourth-order valence-electron chi connectivity index (χ4n) is 2.12. The van der Waals surface area contributed by atoms with Gasteiger partial charge in [0, 0.05) is 11.1 Å². The van der Waals surface area contributed by atoms with Gasteiger partial charge in [-0.15, -0.1) is 0 Å². The van der Waals surface area contributed by atoms with E-state index in [-0.39, 0.29) is 22.5 Å². The Morgan fingerprint density at radius 2 is 1.82 bits per heavy atom. The van der Waals surface area contributed by atoms with Crippen LogP contribution < -0.4 is 20.8 Å². The van der Waals surface area contributed by atoms with Gasteiger partial charge < -0.3 is 20.2 Å². The van der Waals surface area contributed by atoms with Gasteiger partial charge in [0.2, 0.25) is 0 Å². The highest BCUT2D eigenvalue weighted by atomic mass is 16.5. The highest BCUT2D eigenvalue weighted by Crippen LogP contribution is 2.37. The first kappa shape index (κ1) is 14.9. The molecule has 0 atom stereocenters. The van der Waals surface area contributed by atoms with Crippen LogP contribution in [0.15, 0.2) is 23.0 Å². The summed E-state index contributed by atoms with van der Waals surface area (Å²) in [6.45, 7) is 0. The SMILES string of the molecule is COc1ccc(OC)c(-c2c(C#N)c(N)[nH]c(=O)c2C#N)c1. The van der Waals surface area contributed by atoms with E-state index in [0.717, 1.165) is 0 Å². The smallest absolute Gasteiger partial charge is 0.268 e. The maximum atomic E-state index is 11.9. The van der Waals surface area contributed by atoms with Crippen LogP contribution in [0.4, 0.5) is 5.82 Å². The number of pyridine rings is 1. The Bertz CT molecular complexity index is 872. The lowest BCUT2D eigenvalue weighted by molar-refractivity contribution is 0.404. The molecule has 1 aromatic carbocycles. The zero-order valence-electron chi connectivity index (χ0n) is 11.9. The number of rotatable bonds is 3. The van der Waals surface area contributed by atoms with E-state index >= 15 is 0 Å². The van der Waals surface area contributed by atoms with E-state index < -0.39 is 5.56 Å². The summed E-state index contributed by atoms with van der Waals surface area (Å²) >= 11 is 0. The normalized spacial score (nSPS) is 9.64. The number of nitrogens with two attached hydrogens (primary N) is 1. The summed E-state index contributed by atoms with van der Waals surface area (Å²) in [4.78, 5) is 14.2. The third kappa shape index (κ3) is 2.32. The first-order chi connectivity index (χ1) is 10.6. The fourth-order valence-corrected chi connectivity index (χ4v) is 2.12. The molecule has 0 unspecified atom stereocenters. The molecule has 22 heavy (non-hydrogen) atoms. The van der Waals surface area contributed by atoms with Gasteiger partial charge in [-0.3, -0.25) is 4.79 Å². The van der Waals surface area contributed by atoms with E-state index in [0.29, 0.717) is 17.1 Å². The summed E-state index contributed by atoms with van der Waals surface area (Å²) in [6.07, 6.45) is 0.